The fourth-order valence-corrected chi connectivity index (χ4v) is 0.167. The van der Waals surface area contributed by atoms with Gasteiger partial charge in [-0.25, -0.2) is 0 Å². The fraction of sp³-hybridized carbons (Fsp3) is 0.333. The van der Waals surface area contributed by atoms with Crippen molar-refractivity contribution in [1.82, 2.24) is 5.32 Å². The van der Waals surface area contributed by atoms with E-state index < -0.39 is 12.5 Å². The summed E-state index contributed by atoms with van der Waals surface area (Å²) >= 11 is 0. The molecule has 0 aliphatic carbocycles. The van der Waals surface area contributed by atoms with Gasteiger partial charge in [-0.2, -0.15) is 0 Å². The van der Waals surface area contributed by atoms with Crippen LogP contribution in [-0.4, -0.2) is 18.5 Å². The predicted molar refractivity (Wildman–Crippen MR) is 24.9 cm³/mol. The Morgan fingerprint density at radius 3 is 2.33 bits per heavy atom. The van der Waals surface area contributed by atoms with Crippen LogP contribution in [0.4, 0.5) is 0 Å². The molecule has 46 valence electrons. The van der Waals surface area contributed by atoms with Gasteiger partial charge in [-0.15, -0.1) is 0 Å². The van der Waals surface area contributed by atoms with Gasteiger partial charge in [0.05, 0.1) is 12.5 Å². The van der Waals surface area contributed by atoms with Crippen LogP contribution in [0, 0.1) is 5.41 Å². The quantitative estimate of drug-likeness (QED) is 0.210. The van der Waals surface area contributed by atoms with Gasteiger partial charge in [0.2, 0.25) is 0 Å². The van der Waals surface area contributed by atoms with E-state index in [2.05, 4.69) is 0 Å². The number of hydrogen-bond donors (Lipinski definition) is 3. The summed E-state index contributed by atoms with van der Waals surface area (Å²) in [6.07, 6.45) is 0. The van der Waals surface area contributed by atoms with E-state index in [0.717, 1.165) is 0 Å². The molecule has 0 bridgehead atoms. The van der Waals surface area contributed by atoms with Crippen LogP contribution in [0.2, 0.25) is 0 Å². The minimum atomic E-state index is -1.28. The van der Waals surface area contributed by atoms with Crippen molar-refractivity contribution in [1.29, 1.82) is 5.41 Å². The summed E-state index contributed by atoms with van der Waals surface area (Å²) in [5, 5.41) is 18.1. The maximum absolute atomic E-state index is 9.58. The Morgan fingerprint density at radius 1 is 1.78 bits per heavy atom. The van der Waals surface area contributed by atoms with Crippen LogP contribution in [-0.2, 0) is 4.79 Å². The van der Waals surface area contributed by atoms with E-state index in [1.165, 1.54) is 0 Å². The normalized spacial score (nSPS) is 7.11. The fourth-order valence-electron chi connectivity index (χ4n) is 0.167. The van der Waals surface area contributed by atoms with Crippen molar-refractivity contribution in [3.63, 3.8) is 0 Å². The minimum absolute atomic E-state index is 0. The van der Waals surface area contributed by atoms with Gasteiger partial charge in [0.25, 0.3) is 0 Å². The van der Waals surface area contributed by atoms with Crippen LogP contribution in [0.1, 0.15) is 0 Å². The number of rotatable bonds is 2. The molecule has 0 aromatic heterocycles. The van der Waals surface area contributed by atoms with Crippen molar-refractivity contribution < 1.29 is 61.3 Å². The molecule has 9 heavy (non-hydrogen) atoms. The second kappa shape index (κ2) is 6.50. The average Bonchev–Trinajstić information content (AvgIpc) is 1.61. The molecule has 0 aromatic carbocycles. The number of hydrogen-bond acceptors (Lipinski definition) is 3. The molecule has 0 aliphatic heterocycles. The Kier molecular flexibility index (Phi) is 8.73. The van der Waals surface area contributed by atoms with Crippen LogP contribution in [0.25, 0.3) is 0 Å². The van der Waals surface area contributed by atoms with Gasteiger partial charge in [0.15, 0.2) is 5.96 Å². The zero-order valence-corrected chi connectivity index (χ0v) is 8.22. The Morgan fingerprint density at radius 2 is 2.22 bits per heavy atom. The number of guanidine groups is 1. The monoisotopic (exact) mass is 155 g/mol. The number of carbonyl (C=O) groups excluding carboxylic acids is 1. The number of carboxylic acid groups (broad SMARTS) is 1. The maximum atomic E-state index is 9.58. The molecule has 0 radical (unpaired) electrons. The minimum Gasteiger partial charge on any atom is -0.548 e. The van der Waals surface area contributed by atoms with Gasteiger partial charge in [0, 0.05) is 0 Å². The third kappa shape index (κ3) is 11.8. The third-order valence-electron chi connectivity index (χ3n) is 0.423. The molecule has 0 aromatic rings. The van der Waals surface area contributed by atoms with Crippen LogP contribution in [0.3, 0.4) is 0 Å². The number of nitrogens with two attached hydrogens (primary N) is 1. The number of nitrogens with one attached hydrogen (secondary N) is 2. The number of carboxylic acids is 1. The molecule has 4 N–H and O–H groups in total. The van der Waals surface area contributed by atoms with Crippen LogP contribution >= 0.6 is 0 Å². The zero-order chi connectivity index (χ0) is 6.57. The molecule has 0 amide bonds. The SMILES string of the molecule is N=C(N)NCC(=O)[O-].[K+]. The van der Waals surface area contributed by atoms with Gasteiger partial charge in [-0.1, -0.05) is 0 Å². The van der Waals surface area contributed by atoms with Crippen molar-refractivity contribution in [2.75, 3.05) is 6.54 Å². The zero-order valence-electron chi connectivity index (χ0n) is 5.10. The van der Waals surface area contributed by atoms with Crippen LogP contribution in [0.5, 0.6) is 0 Å². The van der Waals surface area contributed by atoms with Gasteiger partial charge in [-0.05, 0) is 0 Å². The van der Waals surface area contributed by atoms with Gasteiger partial charge in [0.1, 0.15) is 0 Å². The van der Waals surface area contributed by atoms with Crippen molar-refractivity contribution >= 4 is 11.9 Å². The second-order valence-electron chi connectivity index (χ2n) is 1.14. The van der Waals surface area contributed by atoms with E-state index in [1.54, 1.807) is 0 Å². The first-order valence-electron chi connectivity index (χ1n) is 1.90. The summed E-state index contributed by atoms with van der Waals surface area (Å²) in [5.74, 6) is -1.64. The van der Waals surface area contributed by atoms with Crippen molar-refractivity contribution in [2.45, 2.75) is 0 Å². The standard InChI is InChI=1S/C3H7N3O2.K/c4-3(5)6-1-2(7)8;/h1H2,(H,7,8)(H4,4,5,6);/q;+1/p-1. The summed E-state index contributed by atoms with van der Waals surface area (Å²) in [6, 6.07) is 0. The first kappa shape index (κ1) is 12.1. The molecule has 0 unspecified atom stereocenters. The van der Waals surface area contributed by atoms with E-state index >= 15 is 0 Å². The molecule has 0 rings (SSSR count). The van der Waals surface area contributed by atoms with E-state index in [4.69, 9.17) is 11.1 Å². The Hall–Kier alpha value is 0.376. The molecular formula is C3H6KN3O2. The summed E-state index contributed by atoms with van der Waals surface area (Å²) < 4.78 is 0. The van der Waals surface area contributed by atoms with E-state index in [-0.39, 0.29) is 57.3 Å². The number of aliphatic carboxylic acids is 1. The molecule has 0 atom stereocenters. The maximum Gasteiger partial charge on any atom is 1.00 e. The topological polar surface area (TPSA) is 102 Å². The second-order valence-corrected chi connectivity index (χ2v) is 1.14. The third-order valence-corrected chi connectivity index (χ3v) is 0.423. The largest absolute Gasteiger partial charge is 1.00 e. The average molecular weight is 155 g/mol. The molecule has 0 saturated heterocycles. The molecule has 5 nitrogen and oxygen atoms in total. The van der Waals surface area contributed by atoms with Gasteiger partial charge >= 0.3 is 51.4 Å². The Bertz CT molecular complexity index is 102. The van der Waals surface area contributed by atoms with E-state index in [0.29, 0.717) is 0 Å². The number of carbonyl (C=O) groups is 1. The Balaban J connectivity index is 0. The van der Waals surface area contributed by atoms with Crippen LogP contribution in [0.15, 0.2) is 0 Å². The summed E-state index contributed by atoms with van der Waals surface area (Å²) in [6.45, 7) is -0.407. The van der Waals surface area contributed by atoms with E-state index in [1.807, 2.05) is 5.32 Å². The summed E-state index contributed by atoms with van der Waals surface area (Å²) in [4.78, 5) is 9.58. The van der Waals surface area contributed by atoms with Crippen molar-refractivity contribution in [3.8, 4) is 0 Å². The first-order valence-corrected chi connectivity index (χ1v) is 1.90. The van der Waals surface area contributed by atoms with Gasteiger partial charge in [-0.3, -0.25) is 5.41 Å². The molecule has 0 spiro atoms. The first-order chi connectivity index (χ1) is 3.63. The molecule has 0 fully saturated rings. The van der Waals surface area contributed by atoms with Crippen LogP contribution < -0.4 is 67.5 Å². The molecule has 0 heterocycles. The predicted octanol–water partition coefficient (Wildman–Crippen LogP) is -5.78. The van der Waals surface area contributed by atoms with Crippen molar-refractivity contribution in [3.05, 3.63) is 0 Å². The van der Waals surface area contributed by atoms with E-state index in [9.17, 15) is 9.90 Å². The molecular weight excluding hydrogens is 149 g/mol. The molecule has 6 heteroatoms. The smallest absolute Gasteiger partial charge is 0.548 e. The molecule has 0 saturated carbocycles. The molecule has 0 aliphatic rings. The Labute approximate surface area is 94.9 Å². The summed E-state index contributed by atoms with van der Waals surface area (Å²) in [5.41, 5.74) is 4.72. The summed E-state index contributed by atoms with van der Waals surface area (Å²) in [7, 11) is 0. The van der Waals surface area contributed by atoms with Gasteiger partial charge < -0.3 is 21.0 Å². The van der Waals surface area contributed by atoms with Crippen molar-refractivity contribution in [2.24, 2.45) is 5.73 Å².